The third-order valence-corrected chi connectivity index (χ3v) is 3.03. The molecule has 5 nitrogen and oxygen atoms in total. The summed E-state index contributed by atoms with van der Waals surface area (Å²) in [5.74, 6) is -0.678. The van der Waals surface area contributed by atoms with Gasteiger partial charge in [-0.05, 0) is 31.2 Å². The fourth-order valence-electron chi connectivity index (χ4n) is 1.76. The number of benzene rings is 1. The first-order valence-corrected chi connectivity index (χ1v) is 7.23. The summed E-state index contributed by atoms with van der Waals surface area (Å²) < 4.78 is 4.68. The van der Waals surface area contributed by atoms with Crippen LogP contribution in [0.1, 0.15) is 37.0 Å². The predicted molar refractivity (Wildman–Crippen MR) is 83.8 cm³/mol. The van der Waals surface area contributed by atoms with Crippen LogP contribution in [0, 0.1) is 0 Å². The zero-order valence-corrected chi connectivity index (χ0v) is 13.3. The number of esters is 1. The minimum absolute atomic E-state index is 0.145. The van der Waals surface area contributed by atoms with E-state index in [-0.39, 0.29) is 11.5 Å². The van der Waals surface area contributed by atoms with E-state index in [4.69, 9.17) is 11.6 Å². The second-order valence-corrected chi connectivity index (χ2v) is 5.38. The topological polar surface area (TPSA) is 67.4 Å². The zero-order chi connectivity index (χ0) is 15.8. The van der Waals surface area contributed by atoms with Crippen LogP contribution in [0.2, 0.25) is 5.02 Å². The number of nitrogens with one attached hydrogen (secondary N) is 2. The normalized spacial score (nSPS) is 10.5. The quantitative estimate of drug-likeness (QED) is 0.600. The van der Waals surface area contributed by atoms with Gasteiger partial charge in [-0.25, -0.2) is 4.79 Å². The molecular formula is C15H21ClN2O3. The number of methoxy groups -OCH3 is 1. The van der Waals surface area contributed by atoms with Gasteiger partial charge in [-0.3, -0.25) is 4.79 Å². The van der Waals surface area contributed by atoms with Gasteiger partial charge in [0.05, 0.1) is 18.4 Å². The summed E-state index contributed by atoms with van der Waals surface area (Å²) in [5, 5.41) is 6.37. The van der Waals surface area contributed by atoms with Crippen LogP contribution >= 0.6 is 11.6 Å². The second kappa shape index (κ2) is 8.64. The van der Waals surface area contributed by atoms with Crippen LogP contribution in [0.5, 0.6) is 0 Å². The van der Waals surface area contributed by atoms with Gasteiger partial charge in [-0.15, -0.1) is 0 Å². The van der Waals surface area contributed by atoms with Crippen molar-refractivity contribution >= 4 is 29.2 Å². The molecule has 1 aromatic carbocycles. The maximum atomic E-state index is 11.9. The first-order chi connectivity index (χ1) is 9.93. The van der Waals surface area contributed by atoms with Crippen LogP contribution < -0.4 is 10.6 Å². The molecule has 0 saturated carbocycles. The lowest BCUT2D eigenvalue weighted by Crippen LogP contribution is -2.25. The number of carbonyl (C=O) groups is 2. The van der Waals surface area contributed by atoms with Gasteiger partial charge in [0.25, 0.3) is 0 Å². The minimum Gasteiger partial charge on any atom is -0.465 e. The van der Waals surface area contributed by atoms with E-state index in [1.54, 1.807) is 12.1 Å². The van der Waals surface area contributed by atoms with Crippen LogP contribution in [0.4, 0.5) is 5.69 Å². The van der Waals surface area contributed by atoms with Crippen LogP contribution in [0.15, 0.2) is 18.2 Å². The molecule has 0 heterocycles. The largest absolute Gasteiger partial charge is 0.465 e. The number of carbonyl (C=O) groups excluding carboxylic acids is 2. The molecule has 1 aromatic rings. The SMILES string of the molecule is COC(=O)c1cc(Cl)ccc1NC(=O)CCCNC(C)C. The summed E-state index contributed by atoms with van der Waals surface area (Å²) in [5.41, 5.74) is 0.659. The predicted octanol–water partition coefficient (Wildman–Crippen LogP) is 2.84. The molecule has 21 heavy (non-hydrogen) atoms. The lowest BCUT2D eigenvalue weighted by atomic mass is 10.1. The van der Waals surface area contributed by atoms with Crippen molar-refractivity contribution < 1.29 is 14.3 Å². The Kier molecular flexibility index (Phi) is 7.19. The van der Waals surface area contributed by atoms with Crippen molar-refractivity contribution in [2.75, 3.05) is 19.0 Å². The van der Waals surface area contributed by atoms with Crippen molar-refractivity contribution in [3.05, 3.63) is 28.8 Å². The van der Waals surface area contributed by atoms with Crippen molar-refractivity contribution in [3.8, 4) is 0 Å². The molecule has 116 valence electrons. The molecule has 0 bridgehead atoms. The van der Waals surface area contributed by atoms with E-state index in [1.165, 1.54) is 13.2 Å². The van der Waals surface area contributed by atoms with Crippen LogP contribution in [0.25, 0.3) is 0 Å². The fraction of sp³-hybridized carbons (Fsp3) is 0.467. The van der Waals surface area contributed by atoms with Crippen molar-refractivity contribution in [2.24, 2.45) is 0 Å². The number of ether oxygens (including phenoxy) is 1. The fourth-order valence-corrected chi connectivity index (χ4v) is 1.93. The molecule has 0 aliphatic heterocycles. The van der Waals surface area contributed by atoms with Gasteiger partial charge < -0.3 is 15.4 Å². The molecule has 0 saturated heterocycles. The van der Waals surface area contributed by atoms with Crippen molar-refractivity contribution in [1.29, 1.82) is 0 Å². The Labute approximate surface area is 130 Å². The molecule has 0 spiro atoms. The summed E-state index contributed by atoms with van der Waals surface area (Å²) in [6.45, 7) is 4.88. The molecule has 1 amide bonds. The smallest absolute Gasteiger partial charge is 0.340 e. The van der Waals surface area contributed by atoms with Gasteiger partial charge in [0.2, 0.25) is 5.91 Å². The average molecular weight is 313 g/mol. The molecule has 6 heteroatoms. The highest BCUT2D eigenvalue weighted by Gasteiger charge is 2.14. The maximum Gasteiger partial charge on any atom is 0.340 e. The Bertz CT molecular complexity index is 504. The maximum absolute atomic E-state index is 11.9. The highest BCUT2D eigenvalue weighted by Crippen LogP contribution is 2.21. The monoisotopic (exact) mass is 312 g/mol. The third-order valence-electron chi connectivity index (χ3n) is 2.79. The molecule has 0 aliphatic carbocycles. The summed E-state index contributed by atoms with van der Waals surface area (Å²) in [4.78, 5) is 23.5. The molecule has 2 N–H and O–H groups in total. The molecule has 0 aliphatic rings. The third kappa shape index (κ3) is 6.14. The molecular weight excluding hydrogens is 292 g/mol. The Hall–Kier alpha value is -1.59. The standard InChI is InChI=1S/C15H21ClN2O3/c1-10(2)17-8-4-5-14(19)18-13-7-6-11(16)9-12(13)15(20)21-3/h6-7,9-10,17H,4-5,8H2,1-3H3,(H,18,19). The first-order valence-electron chi connectivity index (χ1n) is 6.85. The van der Waals surface area contributed by atoms with E-state index in [1.807, 2.05) is 0 Å². The van der Waals surface area contributed by atoms with E-state index in [9.17, 15) is 9.59 Å². The molecule has 0 aromatic heterocycles. The number of anilines is 1. The van der Waals surface area contributed by atoms with Crippen molar-refractivity contribution in [2.45, 2.75) is 32.7 Å². The Morgan fingerprint density at radius 2 is 2.05 bits per heavy atom. The van der Waals surface area contributed by atoms with Crippen molar-refractivity contribution in [3.63, 3.8) is 0 Å². The van der Waals surface area contributed by atoms with Gasteiger partial charge >= 0.3 is 5.97 Å². The van der Waals surface area contributed by atoms with E-state index in [2.05, 4.69) is 29.2 Å². The first kappa shape index (κ1) is 17.5. The summed E-state index contributed by atoms with van der Waals surface area (Å²) in [7, 11) is 1.28. The highest BCUT2D eigenvalue weighted by atomic mass is 35.5. The molecule has 1 rings (SSSR count). The van der Waals surface area contributed by atoms with E-state index >= 15 is 0 Å². The Balaban J connectivity index is 2.61. The minimum atomic E-state index is -0.533. The van der Waals surface area contributed by atoms with Gasteiger partial charge in [-0.2, -0.15) is 0 Å². The highest BCUT2D eigenvalue weighted by molar-refractivity contribution is 6.31. The molecule has 0 fully saturated rings. The average Bonchev–Trinajstić information content (AvgIpc) is 2.44. The van der Waals surface area contributed by atoms with Crippen LogP contribution in [-0.4, -0.2) is 31.6 Å². The molecule has 0 atom stereocenters. The Morgan fingerprint density at radius 1 is 1.33 bits per heavy atom. The van der Waals surface area contributed by atoms with Gasteiger partial charge in [0, 0.05) is 17.5 Å². The lowest BCUT2D eigenvalue weighted by molar-refractivity contribution is -0.116. The summed E-state index contributed by atoms with van der Waals surface area (Å²) in [6, 6.07) is 5.08. The van der Waals surface area contributed by atoms with Crippen molar-refractivity contribution in [1.82, 2.24) is 5.32 Å². The summed E-state index contributed by atoms with van der Waals surface area (Å²) in [6.07, 6.45) is 1.11. The number of amides is 1. The molecule has 0 radical (unpaired) electrons. The number of hydrogen-bond acceptors (Lipinski definition) is 4. The zero-order valence-electron chi connectivity index (χ0n) is 12.5. The second-order valence-electron chi connectivity index (χ2n) is 4.94. The van der Waals surface area contributed by atoms with Gasteiger partial charge in [0.15, 0.2) is 0 Å². The van der Waals surface area contributed by atoms with Gasteiger partial charge in [0.1, 0.15) is 0 Å². The van der Waals surface area contributed by atoms with Gasteiger partial charge in [-0.1, -0.05) is 25.4 Å². The number of rotatable bonds is 7. The van der Waals surface area contributed by atoms with E-state index < -0.39 is 5.97 Å². The van der Waals surface area contributed by atoms with Crippen LogP contribution in [-0.2, 0) is 9.53 Å². The number of halogens is 1. The lowest BCUT2D eigenvalue weighted by Gasteiger charge is -2.11. The number of hydrogen-bond donors (Lipinski definition) is 2. The Morgan fingerprint density at radius 3 is 2.67 bits per heavy atom. The molecule has 0 unspecified atom stereocenters. The summed E-state index contributed by atoms with van der Waals surface area (Å²) >= 11 is 5.86. The van der Waals surface area contributed by atoms with Crippen LogP contribution in [0.3, 0.4) is 0 Å². The van der Waals surface area contributed by atoms with E-state index in [0.717, 1.165) is 13.0 Å². The van der Waals surface area contributed by atoms with E-state index in [0.29, 0.717) is 23.2 Å².